The van der Waals surface area contributed by atoms with Gasteiger partial charge < -0.3 is 15.7 Å². The van der Waals surface area contributed by atoms with E-state index in [-0.39, 0.29) is 17.9 Å². The Kier molecular flexibility index (Phi) is 4.94. The molecule has 0 spiro atoms. The van der Waals surface area contributed by atoms with Crippen molar-refractivity contribution in [1.29, 1.82) is 0 Å². The maximum atomic E-state index is 11.5. The number of aliphatic hydroxyl groups excluding tert-OH is 1. The Morgan fingerprint density at radius 1 is 1.36 bits per heavy atom. The van der Waals surface area contributed by atoms with E-state index in [1.807, 2.05) is 0 Å². The van der Waals surface area contributed by atoms with Crippen LogP contribution < -0.4 is 10.6 Å². The molecule has 22 heavy (non-hydrogen) atoms. The second-order valence-electron chi connectivity index (χ2n) is 5.33. The third-order valence-corrected chi connectivity index (χ3v) is 3.89. The zero-order valence-corrected chi connectivity index (χ0v) is 12.5. The number of nitrogens with two attached hydrogens (primary N) is 1. The molecular formula is C14H20N4O4. The number of aryl methyl sites for hydroxylation is 1. The first-order chi connectivity index (χ1) is 10.4. The van der Waals surface area contributed by atoms with Crippen LogP contribution in [0.4, 0.5) is 11.4 Å². The van der Waals surface area contributed by atoms with Gasteiger partial charge in [0.05, 0.1) is 11.5 Å². The van der Waals surface area contributed by atoms with Crippen LogP contribution in [0.1, 0.15) is 15.9 Å². The fourth-order valence-electron chi connectivity index (χ4n) is 2.74. The molecule has 1 aliphatic heterocycles. The largest absolute Gasteiger partial charge is 0.395 e. The van der Waals surface area contributed by atoms with Crippen molar-refractivity contribution in [3.8, 4) is 0 Å². The Labute approximate surface area is 128 Å². The van der Waals surface area contributed by atoms with E-state index in [1.54, 1.807) is 13.0 Å². The zero-order valence-electron chi connectivity index (χ0n) is 12.5. The Bertz CT molecular complexity index is 582. The lowest BCUT2D eigenvalue weighted by molar-refractivity contribution is -0.385. The number of nitro benzene ring substituents is 1. The minimum absolute atomic E-state index is 0.0576. The summed E-state index contributed by atoms with van der Waals surface area (Å²) < 4.78 is 0. The number of anilines is 1. The molecule has 0 unspecified atom stereocenters. The molecule has 0 atom stereocenters. The van der Waals surface area contributed by atoms with Crippen molar-refractivity contribution in [3.63, 3.8) is 0 Å². The number of hydrogen-bond donors (Lipinski definition) is 2. The average molecular weight is 308 g/mol. The van der Waals surface area contributed by atoms with Gasteiger partial charge in [-0.25, -0.2) is 0 Å². The van der Waals surface area contributed by atoms with Crippen molar-refractivity contribution in [1.82, 2.24) is 4.90 Å². The molecule has 2 rings (SSSR count). The summed E-state index contributed by atoms with van der Waals surface area (Å²) in [5, 5.41) is 20.1. The maximum absolute atomic E-state index is 11.5. The SMILES string of the molecule is Cc1cc(N2CCN(CCO)CC2)cc(C(N)=O)c1[N+](=O)[O-]. The molecule has 120 valence electrons. The molecular weight excluding hydrogens is 288 g/mol. The monoisotopic (exact) mass is 308 g/mol. The number of β-amino-alcohol motifs (C(OH)–C–C–N with tert-alkyl or cyclic N) is 1. The predicted molar refractivity (Wildman–Crippen MR) is 82.1 cm³/mol. The first-order valence-electron chi connectivity index (χ1n) is 7.11. The van der Waals surface area contributed by atoms with E-state index >= 15 is 0 Å². The lowest BCUT2D eigenvalue weighted by Crippen LogP contribution is -2.47. The summed E-state index contributed by atoms with van der Waals surface area (Å²) >= 11 is 0. The number of carbonyl (C=O) groups is 1. The number of rotatable bonds is 5. The van der Waals surface area contributed by atoms with E-state index in [0.29, 0.717) is 12.1 Å². The Balaban J connectivity index is 2.26. The summed E-state index contributed by atoms with van der Waals surface area (Å²) in [5.41, 5.74) is 6.19. The topological polar surface area (TPSA) is 113 Å². The summed E-state index contributed by atoms with van der Waals surface area (Å²) in [6.45, 7) is 5.42. The fourth-order valence-corrected chi connectivity index (χ4v) is 2.74. The molecule has 1 aliphatic rings. The van der Waals surface area contributed by atoms with Gasteiger partial charge in [0.15, 0.2) is 0 Å². The number of piperazine rings is 1. The van der Waals surface area contributed by atoms with Crippen molar-refractivity contribution in [2.45, 2.75) is 6.92 Å². The van der Waals surface area contributed by atoms with E-state index in [4.69, 9.17) is 10.8 Å². The van der Waals surface area contributed by atoms with Crippen molar-refractivity contribution in [2.24, 2.45) is 5.73 Å². The third kappa shape index (κ3) is 3.34. The molecule has 1 aromatic rings. The van der Waals surface area contributed by atoms with Crippen LogP contribution in [0, 0.1) is 17.0 Å². The molecule has 1 heterocycles. The van der Waals surface area contributed by atoms with Crippen LogP contribution in [0.15, 0.2) is 12.1 Å². The number of hydrogen-bond acceptors (Lipinski definition) is 6. The van der Waals surface area contributed by atoms with Crippen LogP contribution in [0.5, 0.6) is 0 Å². The highest BCUT2D eigenvalue weighted by atomic mass is 16.6. The Hall–Kier alpha value is -2.19. The van der Waals surface area contributed by atoms with Crippen LogP contribution in [0.3, 0.4) is 0 Å². The summed E-state index contributed by atoms with van der Waals surface area (Å²) in [7, 11) is 0. The van der Waals surface area contributed by atoms with Crippen molar-refractivity contribution in [3.05, 3.63) is 33.4 Å². The molecule has 8 heteroatoms. The Morgan fingerprint density at radius 2 is 2.00 bits per heavy atom. The number of nitro groups is 1. The van der Waals surface area contributed by atoms with Crippen LogP contribution >= 0.6 is 0 Å². The van der Waals surface area contributed by atoms with Crippen molar-refractivity contribution >= 4 is 17.3 Å². The smallest absolute Gasteiger partial charge is 0.285 e. The van der Waals surface area contributed by atoms with Gasteiger partial charge in [-0.1, -0.05) is 0 Å². The normalized spacial score (nSPS) is 15.8. The Morgan fingerprint density at radius 3 is 2.50 bits per heavy atom. The highest BCUT2D eigenvalue weighted by molar-refractivity contribution is 5.98. The van der Waals surface area contributed by atoms with Gasteiger partial charge in [0, 0.05) is 44.0 Å². The van der Waals surface area contributed by atoms with Crippen molar-refractivity contribution in [2.75, 3.05) is 44.2 Å². The van der Waals surface area contributed by atoms with Gasteiger partial charge in [0.25, 0.3) is 11.6 Å². The van der Waals surface area contributed by atoms with E-state index in [9.17, 15) is 14.9 Å². The standard InChI is InChI=1S/C14H20N4O4/c1-10-8-11(9-12(14(15)20)13(10)18(21)22)17-4-2-16(3-5-17)6-7-19/h8-9,19H,2-7H2,1H3,(H2,15,20). The van der Waals surface area contributed by atoms with Gasteiger partial charge in [-0.05, 0) is 19.1 Å². The minimum atomic E-state index is -0.796. The molecule has 1 saturated heterocycles. The third-order valence-electron chi connectivity index (χ3n) is 3.89. The number of primary amides is 1. The number of aliphatic hydroxyl groups is 1. The quantitative estimate of drug-likeness (QED) is 0.590. The molecule has 0 aromatic heterocycles. The minimum Gasteiger partial charge on any atom is -0.395 e. The van der Waals surface area contributed by atoms with Crippen LogP contribution in [-0.4, -0.2) is 60.2 Å². The summed E-state index contributed by atoms with van der Waals surface area (Å²) in [4.78, 5) is 26.3. The van der Waals surface area contributed by atoms with Crippen LogP contribution in [-0.2, 0) is 0 Å². The first-order valence-corrected chi connectivity index (χ1v) is 7.11. The number of nitrogens with zero attached hydrogens (tertiary/aromatic N) is 3. The van der Waals surface area contributed by atoms with Gasteiger partial charge >= 0.3 is 0 Å². The molecule has 1 amide bonds. The second-order valence-corrected chi connectivity index (χ2v) is 5.33. The molecule has 0 aliphatic carbocycles. The highest BCUT2D eigenvalue weighted by Crippen LogP contribution is 2.29. The molecule has 0 bridgehead atoms. The molecule has 1 fully saturated rings. The van der Waals surface area contributed by atoms with Crippen molar-refractivity contribution < 1.29 is 14.8 Å². The van der Waals surface area contributed by atoms with E-state index in [2.05, 4.69) is 9.80 Å². The number of carbonyl (C=O) groups excluding carboxylic acids is 1. The number of amides is 1. The zero-order chi connectivity index (χ0) is 16.3. The van der Waals surface area contributed by atoms with Gasteiger partial charge in [-0.3, -0.25) is 19.8 Å². The summed E-state index contributed by atoms with van der Waals surface area (Å²) in [5.74, 6) is -0.796. The fraction of sp³-hybridized carbons (Fsp3) is 0.500. The molecule has 0 saturated carbocycles. The first kappa shape index (κ1) is 16.2. The van der Waals surface area contributed by atoms with Gasteiger partial charge in [0.1, 0.15) is 5.56 Å². The summed E-state index contributed by atoms with van der Waals surface area (Å²) in [6.07, 6.45) is 0. The van der Waals surface area contributed by atoms with E-state index < -0.39 is 10.8 Å². The lowest BCUT2D eigenvalue weighted by atomic mass is 10.0. The number of benzene rings is 1. The predicted octanol–water partition coefficient (Wildman–Crippen LogP) is 0.116. The van der Waals surface area contributed by atoms with E-state index in [0.717, 1.165) is 31.9 Å². The lowest BCUT2D eigenvalue weighted by Gasteiger charge is -2.36. The molecule has 0 radical (unpaired) electrons. The van der Waals surface area contributed by atoms with Gasteiger partial charge in [0.2, 0.25) is 0 Å². The van der Waals surface area contributed by atoms with Gasteiger partial charge in [-0.15, -0.1) is 0 Å². The summed E-state index contributed by atoms with van der Waals surface area (Å²) in [6, 6.07) is 3.21. The van der Waals surface area contributed by atoms with E-state index in [1.165, 1.54) is 6.07 Å². The second kappa shape index (κ2) is 6.71. The average Bonchev–Trinajstić information content (AvgIpc) is 2.47. The van der Waals surface area contributed by atoms with Crippen LogP contribution in [0.25, 0.3) is 0 Å². The van der Waals surface area contributed by atoms with Crippen LogP contribution in [0.2, 0.25) is 0 Å². The van der Waals surface area contributed by atoms with Gasteiger partial charge in [-0.2, -0.15) is 0 Å². The highest BCUT2D eigenvalue weighted by Gasteiger charge is 2.25. The molecule has 3 N–H and O–H groups in total. The molecule has 8 nitrogen and oxygen atoms in total. The molecule has 1 aromatic carbocycles. The maximum Gasteiger partial charge on any atom is 0.285 e.